The second-order valence-electron chi connectivity index (χ2n) is 12.3. The number of carbonyl (C=O) groups is 1. The van der Waals surface area contributed by atoms with Crippen LogP contribution in [-0.2, 0) is 27.1 Å². The van der Waals surface area contributed by atoms with Gasteiger partial charge in [-0.3, -0.25) is 4.79 Å². The lowest BCUT2D eigenvalue weighted by Crippen LogP contribution is -2.48. The smallest absolute Gasteiger partial charge is 0.304 e. The molecular weight excluding hydrogens is 504 g/mol. The summed E-state index contributed by atoms with van der Waals surface area (Å²) >= 11 is 0. The first-order valence-electron chi connectivity index (χ1n) is 15.1. The maximum absolute atomic E-state index is 11.8. The van der Waals surface area contributed by atoms with Crippen molar-refractivity contribution in [2.24, 2.45) is 0 Å². The molecule has 0 saturated carbocycles. The maximum atomic E-state index is 11.8. The van der Waals surface area contributed by atoms with E-state index >= 15 is 0 Å². The standard InChI is InChI=1S/C32H46N4O4/c1-32(2)23-36(17-18-40-32)28-10-3-7-25(19-28)26(20-30(37)38)22-39-29-11-6-16-35(21-29)15-5-9-27-13-12-24-8-4-14-33-31(24)34-27/h3,7,10,12-13,19,26,29H,4-6,8-9,11,14-18,20-23H2,1-2H3,(H,33,34)(H,37,38)/t26-,29-/m1/s1. The molecule has 2 aromatic rings. The summed E-state index contributed by atoms with van der Waals surface area (Å²) in [4.78, 5) is 21.4. The van der Waals surface area contributed by atoms with Gasteiger partial charge in [-0.05, 0) is 94.8 Å². The van der Waals surface area contributed by atoms with Gasteiger partial charge < -0.3 is 29.7 Å². The summed E-state index contributed by atoms with van der Waals surface area (Å²) in [7, 11) is 0. The van der Waals surface area contributed by atoms with E-state index in [1.165, 1.54) is 12.0 Å². The fourth-order valence-corrected chi connectivity index (χ4v) is 6.29. The molecule has 2 atom stereocenters. The van der Waals surface area contributed by atoms with Crippen molar-refractivity contribution in [3.8, 4) is 0 Å². The Morgan fingerprint density at radius 3 is 3.00 bits per heavy atom. The van der Waals surface area contributed by atoms with E-state index in [1.54, 1.807) is 0 Å². The van der Waals surface area contributed by atoms with Gasteiger partial charge in [0.25, 0.3) is 0 Å². The summed E-state index contributed by atoms with van der Waals surface area (Å²) in [6.07, 6.45) is 6.70. The molecule has 5 rings (SSSR count). The third-order valence-corrected chi connectivity index (χ3v) is 8.41. The number of aryl methyl sites for hydroxylation is 2. The van der Waals surface area contributed by atoms with Crippen LogP contribution in [-0.4, -0.2) is 85.1 Å². The molecule has 0 aliphatic carbocycles. The summed E-state index contributed by atoms with van der Waals surface area (Å²) in [6.45, 7) is 11.0. The van der Waals surface area contributed by atoms with Gasteiger partial charge in [-0.2, -0.15) is 0 Å². The van der Waals surface area contributed by atoms with Crippen molar-refractivity contribution in [2.45, 2.75) is 76.4 Å². The summed E-state index contributed by atoms with van der Waals surface area (Å²) in [5.41, 5.74) is 4.46. The van der Waals surface area contributed by atoms with Crippen LogP contribution in [0.15, 0.2) is 36.4 Å². The molecule has 2 saturated heterocycles. The van der Waals surface area contributed by atoms with Gasteiger partial charge in [0, 0.05) is 43.5 Å². The van der Waals surface area contributed by atoms with Crippen molar-refractivity contribution in [3.63, 3.8) is 0 Å². The molecular formula is C32H46N4O4. The molecule has 8 heteroatoms. The summed E-state index contributed by atoms with van der Waals surface area (Å²) in [5.74, 6) is 0.110. The molecule has 0 unspecified atom stereocenters. The number of likely N-dealkylation sites (tertiary alicyclic amines) is 1. The number of rotatable bonds is 11. The van der Waals surface area contributed by atoms with Gasteiger partial charge in [0.2, 0.25) is 0 Å². The second kappa shape index (κ2) is 13.3. The predicted octanol–water partition coefficient (Wildman–Crippen LogP) is 4.73. The third kappa shape index (κ3) is 7.95. The van der Waals surface area contributed by atoms with Crippen LogP contribution in [0, 0.1) is 0 Å². The van der Waals surface area contributed by atoms with Crippen molar-refractivity contribution >= 4 is 17.5 Å². The Labute approximate surface area is 239 Å². The van der Waals surface area contributed by atoms with Crippen molar-refractivity contribution in [2.75, 3.05) is 62.7 Å². The highest BCUT2D eigenvalue weighted by Crippen LogP contribution is 2.29. The van der Waals surface area contributed by atoms with Gasteiger partial charge in [0.05, 0.1) is 31.3 Å². The highest BCUT2D eigenvalue weighted by molar-refractivity contribution is 5.68. The van der Waals surface area contributed by atoms with E-state index in [0.717, 1.165) is 94.1 Å². The third-order valence-electron chi connectivity index (χ3n) is 8.41. The average Bonchev–Trinajstić information content (AvgIpc) is 2.95. The Bertz CT molecular complexity index is 1140. The molecule has 4 heterocycles. The number of benzene rings is 1. The second-order valence-corrected chi connectivity index (χ2v) is 12.3. The first-order chi connectivity index (χ1) is 19.3. The van der Waals surface area contributed by atoms with E-state index in [1.807, 2.05) is 12.1 Å². The maximum Gasteiger partial charge on any atom is 0.304 e. The molecule has 2 fully saturated rings. The zero-order chi connectivity index (χ0) is 28.0. The van der Waals surface area contributed by atoms with Crippen LogP contribution in [0.1, 0.15) is 68.7 Å². The van der Waals surface area contributed by atoms with Gasteiger partial charge in [0.1, 0.15) is 5.82 Å². The lowest BCUT2D eigenvalue weighted by atomic mass is 9.95. The highest BCUT2D eigenvalue weighted by Gasteiger charge is 2.28. The first kappa shape index (κ1) is 28.8. The molecule has 0 bridgehead atoms. The van der Waals surface area contributed by atoms with Crippen molar-refractivity contribution in [3.05, 3.63) is 53.2 Å². The number of carboxylic acid groups (broad SMARTS) is 1. The Morgan fingerprint density at radius 1 is 1.25 bits per heavy atom. The Morgan fingerprint density at radius 2 is 2.15 bits per heavy atom. The van der Waals surface area contributed by atoms with Crippen LogP contribution in [0.3, 0.4) is 0 Å². The number of anilines is 2. The number of carboxylic acids is 1. The molecule has 0 amide bonds. The number of aromatic nitrogens is 1. The lowest BCUT2D eigenvalue weighted by molar-refractivity contribution is -0.138. The van der Waals surface area contributed by atoms with Crippen LogP contribution in [0.2, 0.25) is 0 Å². The zero-order valence-electron chi connectivity index (χ0n) is 24.2. The van der Waals surface area contributed by atoms with E-state index in [2.05, 4.69) is 53.2 Å². The number of piperidine rings is 1. The summed E-state index contributed by atoms with van der Waals surface area (Å²) in [6, 6.07) is 12.8. The van der Waals surface area contributed by atoms with Crippen LogP contribution >= 0.6 is 0 Å². The number of hydrogen-bond donors (Lipinski definition) is 2. The van der Waals surface area contributed by atoms with Crippen LogP contribution < -0.4 is 10.2 Å². The van der Waals surface area contributed by atoms with Crippen LogP contribution in [0.5, 0.6) is 0 Å². The Kier molecular flexibility index (Phi) is 9.60. The van der Waals surface area contributed by atoms with E-state index in [4.69, 9.17) is 14.5 Å². The quantitative estimate of drug-likeness (QED) is 0.415. The summed E-state index contributed by atoms with van der Waals surface area (Å²) in [5, 5.41) is 13.1. The van der Waals surface area contributed by atoms with E-state index in [0.29, 0.717) is 13.2 Å². The topological polar surface area (TPSA) is 87.2 Å². The van der Waals surface area contributed by atoms with Crippen molar-refractivity contribution in [1.82, 2.24) is 9.88 Å². The van der Waals surface area contributed by atoms with Gasteiger partial charge in [-0.25, -0.2) is 4.98 Å². The van der Waals surface area contributed by atoms with Crippen LogP contribution in [0.4, 0.5) is 11.5 Å². The van der Waals surface area contributed by atoms with Crippen LogP contribution in [0.25, 0.3) is 0 Å². The SMILES string of the molecule is CC1(C)CN(c2cccc([C@@H](CO[C@@H]3CCCN(CCCc4ccc5c(n4)NCCC5)C3)CC(=O)O)c2)CCO1. The minimum Gasteiger partial charge on any atom is -0.481 e. The number of hydrogen-bond acceptors (Lipinski definition) is 7. The Hall–Kier alpha value is -2.68. The molecule has 0 radical (unpaired) electrons. The molecule has 3 aliphatic rings. The number of fused-ring (bicyclic) bond motifs is 1. The van der Waals surface area contributed by atoms with Gasteiger partial charge in [-0.1, -0.05) is 18.2 Å². The van der Waals surface area contributed by atoms with E-state index < -0.39 is 5.97 Å². The molecule has 2 N–H and O–H groups in total. The molecule has 40 heavy (non-hydrogen) atoms. The lowest BCUT2D eigenvalue weighted by Gasteiger charge is -2.39. The fraction of sp³-hybridized carbons (Fsp3) is 0.625. The normalized spacial score (nSPS) is 21.9. The number of nitrogens with one attached hydrogen (secondary N) is 1. The van der Waals surface area contributed by atoms with E-state index in [9.17, 15) is 9.90 Å². The van der Waals surface area contributed by atoms with E-state index in [-0.39, 0.29) is 24.0 Å². The minimum absolute atomic E-state index is 0.0666. The molecule has 1 aromatic heterocycles. The zero-order valence-corrected chi connectivity index (χ0v) is 24.2. The molecule has 8 nitrogen and oxygen atoms in total. The summed E-state index contributed by atoms with van der Waals surface area (Å²) < 4.78 is 12.3. The number of morpholine rings is 1. The van der Waals surface area contributed by atoms with Gasteiger partial charge in [-0.15, -0.1) is 0 Å². The number of aliphatic carboxylic acids is 1. The minimum atomic E-state index is -0.789. The molecule has 3 aliphatic heterocycles. The van der Waals surface area contributed by atoms with Crippen molar-refractivity contribution in [1.29, 1.82) is 0 Å². The Balaban J connectivity index is 1.13. The first-order valence-corrected chi connectivity index (χ1v) is 15.1. The fourth-order valence-electron chi connectivity index (χ4n) is 6.29. The van der Waals surface area contributed by atoms with Gasteiger partial charge in [0.15, 0.2) is 0 Å². The monoisotopic (exact) mass is 550 g/mol. The van der Waals surface area contributed by atoms with Gasteiger partial charge >= 0.3 is 5.97 Å². The predicted molar refractivity (Wildman–Crippen MR) is 158 cm³/mol. The molecule has 1 aromatic carbocycles. The number of ether oxygens (including phenoxy) is 2. The number of nitrogens with zero attached hydrogens (tertiary/aromatic N) is 3. The average molecular weight is 551 g/mol. The molecule has 0 spiro atoms. The largest absolute Gasteiger partial charge is 0.481 e. The molecule has 218 valence electrons. The highest BCUT2D eigenvalue weighted by atomic mass is 16.5. The van der Waals surface area contributed by atoms with Crippen molar-refractivity contribution < 1.29 is 19.4 Å². The number of pyridine rings is 1.